The average Bonchev–Trinajstić information content (AvgIpc) is 2.81. The molecule has 0 unspecified atom stereocenters. The summed E-state index contributed by atoms with van der Waals surface area (Å²) in [5.74, 6) is -0.862. The number of allylic oxidation sites excluding steroid dienone is 1. The maximum absolute atomic E-state index is 13.5. The first kappa shape index (κ1) is 27.3. The van der Waals surface area contributed by atoms with Crippen LogP contribution in [0.5, 0.6) is 5.75 Å². The summed E-state index contributed by atoms with van der Waals surface area (Å²) in [6, 6.07) is 8.58. The van der Waals surface area contributed by atoms with Gasteiger partial charge in [0.25, 0.3) is 0 Å². The van der Waals surface area contributed by atoms with E-state index in [0.29, 0.717) is 0 Å². The van der Waals surface area contributed by atoms with Crippen molar-refractivity contribution in [1.29, 1.82) is 0 Å². The molecule has 0 aliphatic carbocycles. The Bertz CT molecular complexity index is 1280. The molecule has 1 aliphatic heterocycles. The maximum Gasteiger partial charge on any atom is 0.247 e. The van der Waals surface area contributed by atoms with E-state index in [9.17, 15) is 26.3 Å². The summed E-state index contributed by atoms with van der Waals surface area (Å²) >= 11 is 0. The highest BCUT2D eigenvalue weighted by Crippen LogP contribution is 2.34. The third-order valence-corrected chi connectivity index (χ3v) is 9.87. The molecule has 2 aromatic carbocycles. The molecule has 3 atom stereocenters. The lowest BCUT2D eigenvalue weighted by Gasteiger charge is -2.37. The molecule has 0 amide bonds. The topological polar surface area (TPSA) is 104 Å². The van der Waals surface area contributed by atoms with Gasteiger partial charge < -0.3 is 9.84 Å². The van der Waals surface area contributed by atoms with E-state index in [-0.39, 0.29) is 35.2 Å². The molecule has 0 spiro atoms. The zero-order valence-corrected chi connectivity index (χ0v) is 21.8. The van der Waals surface area contributed by atoms with Gasteiger partial charge in [-0.2, -0.15) is 8.61 Å². The van der Waals surface area contributed by atoms with Crippen molar-refractivity contribution in [2.45, 2.75) is 42.7 Å². The Balaban J connectivity index is 2.04. The minimum Gasteiger partial charge on any atom is -0.487 e. The monoisotopic (exact) mass is 526 g/mol. The van der Waals surface area contributed by atoms with Crippen molar-refractivity contribution in [3.8, 4) is 5.75 Å². The fourth-order valence-corrected chi connectivity index (χ4v) is 6.90. The summed E-state index contributed by atoms with van der Waals surface area (Å²) in [6.07, 6.45) is 2.90. The lowest BCUT2D eigenvalue weighted by Crippen LogP contribution is -2.50. The predicted octanol–water partition coefficient (Wildman–Crippen LogP) is 2.95. The van der Waals surface area contributed by atoms with Crippen LogP contribution in [0.1, 0.15) is 26.3 Å². The van der Waals surface area contributed by atoms with Crippen LogP contribution < -0.4 is 4.74 Å². The third-order valence-electron chi connectivity index (χ3n) is 6.01. The summed E-state index contributed by atoms with van der Waals surface area (Å²) in [7, 11) is -6.54. The number of likely N-dealkylation sites (N-methyl/N-ethyl adjacent to an activating group) is 1. The molecule has 0 saturated carbocycles. The van der Waals surface area contributed by atoms with Crippen LogP contribution in [0.3, 0.4) is 0 Å². The fourth-order valence-electron chi connectivity index (χ4n) is 3.89. The van der Waals surface area contributed by atoms with Gasteiger partial charge in [0, 0.05) is 25.6 Å². The van der Waals surface area contributed by atoms with Gasteiger partial charge in [-0.1, -0.05) is 25.1 Å². The lowest BCUT2D eigenvalue weighted by molar-refractivity contribution is 0.0904. The Morgan fingerprint density at radius 2 is 1.91 bits per heavy atom. The lowest BCUT2D eigenvalue weighted by atomic mass is 10.0. The van der Waals surface area contributed by atoms with E-state index in [1.807, 2.05) is 13.0 Å². The third kappa shape index (κ3) is 5.75. The summed E-state index contributed by atoms with van der Waals surface area (Å²) in [5.41, 5.74) is 0.725. The number of hydrogen-bond donors (Lipinski definition) is 1. The molecule has 0 fully saturated rings. The number of ether oxygens (including phenoxy) is 1. The van der Waals surface area contributed by atoms with Crippen molar-refractivity contribution in [2.24, 2.45) is 5.92 Å². The van der Waals surface area contributed by atoms with E-state index in [2.05, 4.69) is 0 Å². The second-order valence-electron chi connectivity index (χ2n) is 8.69. The van der Waals surface area contributed by atoms with Crippen LogP contribution in [0, 0.1) is 11.7 Å². The minimum absolute atomic E-state index is 0.0230. The van der Waals surface area contributed by atoms with Gasteiger partial charge in [0.15, 0.2) is 0 Å². The fraction of sp³-hybridized carbons (Fsp3) is 0.417. The summed E-state index contributed by atoms with van der Waals surface area (Å²) in [6.45, 7) is 4.79. The van der Waals surface area contributed by atoms with Gasteiger partial charge >= 0.3 is 0 Å². The number of aliphatic hydroxyl groups excluding tert-OH is 1. The molecule has 2 aromatic rings. The van der Waals surface area contributed by atoms with Crippen molar-refractivity contribution in [1.82, 2.24) is 8.61 Å². The first-order chi connectivity index (χ1) is 16.4. The Morgan fingerprint density at radius 3 is 2.51 bits per heavy atom. The largest absolute Gasteiger partial charge is 0.487 e. The minimum atomic E-state index is -3.99. The highest BCUT2D eigenvalue weighted by molar-refractivity contribution is 7.89. The molecule has 1 N–H and O–H groups in total. The molecule has 35 heavy (non-hydrogen) atoms. The van der Waals surface area contributed by atoms with Crippen molar-refractivity contribution >= 4 is 26.1 Å². The first-order valence-corrected chi connectivity index (χ1v) is 14.1. The molecule has 1 aliphatic rings. The van der Waals surface area contributed by atoms with Crippen molar-refractivity contribution < 1.29 is 31.1 Å². The molecule has 192 valence electrons. The number of rotatable bonds is 7. The molecule has 1 heterocycles. The number of aliphatic hydroxyl groups is 1. The zero-order chi connectivity index (χ0) is 26.0. The van der Waals surface area contributed by atoms with Gasteiger partial charge in [0.1, 0.15) is 22.6 Å². The zero-order valence-electron chi connectivity index (χ0n) is 20.1. The van der Waals surface area contributed by atoms with Gasteiger partial charge in [-0.05, 0) is 55.8 Å². The number of sulfonamides is 2. The number of nitrogens with zero attached hydrogens (tertiary/aromatic N) is 2. The number of benzene rings is 2. The molecular formula is C24H31FN2O6S2. The SMILES string of the molecule is C/C=C/c1ccc2c(c1)O[C@@H](CN(C)S(=O)(=O)c1ccc(F)cc1)[C@@H](C)CN([C@@H](C)CO)S2(=O)=O. The number of hydrogen-bond acceptors (Lipinski definition) is 6. The van der Waals surface area contributed by atoms with Crippen molar-refractivity contribution in [3.05, 3.63) is 59.9 Å². The smallest absolute Gasteiger partial charge is 0.247 e. The molecule has 11 heteroatoms. The second-order valence-corrected chi connectivity index (χ2v) is 12.6. The Morgan fingerprint density at radius 1 is 1.26 bits per heavy atom. The standard InChI is InChI=1S/C24H31FN2O6S2/c1-5-6-19-7-12-24-22(13-19)33-23(17(2)14-27(18(3)16-28)35(24,31)32)15-26(4)34(29,30)21-10-8-20(25)9-11-21/h5-13,17-18,23,28H,14-16H2,1-4H3/b6-5+/t17-,18-,23-/m0/s1. The Kier molecular flexibility index (Phi) is 8.38. The van der Waals surface area contributed by atoms with Gasteiger partial charge in [-0.3, -0.25) is 0 Å². The van der Waals surface area contributed by atoms with Crippen LogP contribution in [0.4, 0.5) is 4.39 Å². The van der Waals surface area contributed by atoms with Gasteiger partial charge in [-0.15, -0.1) is 0 Å². The molecule has 8 nitrogen and oxygen atoms in total. The molecule has 0 bridgehead atoms. The van der Waals surface area contributed by atoms with Crippen LogP contribution in [0.25, 0.3) is 6.08 Å². The van der Waals surface area contributed by atoms with Crippen LogP contribution in [-0.4, -0.2) is 69.4 Å². The number of halogens is 1. The van der Waals surface area contributed by atoms with Crippen molar-refractivity contribution in [2.75, 3.05) is 26.7 Å². The van der Waals surface area contributed by atoms with E-state index in [1.54, 1.807) is 32.1 Å². The highest BCUT2D eigenvalue weighted by Gasteiger charge is 2.39. The Hall–Kier alpha value is -2.31. The number of fused-ring (bicyclic) bond motifs is 1. The summed E-state index contributed by atoms with van der Waals surface area (Å²) in [5, 5.41) is 9.73. The van der Waals surface area contributed by atoms with E-state index in [0.717, 1.165) is 22.0 Å². The van der Waals surface area contributed by atoms with Crippen molar-refractivity contribution in [3.63, 3.8) is 0 Å². The molecular weight excluding hydrogens is 495 g/mol. The average molecular weight is 527 g/mol. The van der Waals surface area contributed by atoms with Crippen LogP contribution in [-0.2, 0) is 20.0 Å². The van der Waals surface area contributed by atoms with Gasteiger partial charge in [0.2, 0.25) is 20.0 Å². The van der Waals surface area contributed by atoms with E-state index >= 15 is 0 Å². The first-order valence-electron chi connectivity index (χ1n) is 11.2. The second kappa shape index (κ2) is 10.8. The summed E-state index contributed by atoms with van der Waals surface area (Å²) in [4.78, 5) is -0.110. The molecule has 3 rings (SSSR count). The van der Waals surface area contributed by atoms with Crippen LogP contribution >= 0.6 is 0 Å². The molecule has 0 aromatic heterocycles. The quantitative estimate of drug-likeness (QED) is 0.595. The highest BCUT2D eigenvalue weighted by atomic mass is 32.2. The maximum atomic E-state index is 13.5. The summed E-state index contributed by atoms with van der Waals surface area (Å²) < 4.78 is 74.9. The molecule has 0 radical (unpaired) electrons. The molecule has 0 saturated heterocycles. The van der Waals surface area contributed by atoms with E-state index in [4.69, 9.17) is 4.74 Å². The Labute approximate surface area is 206 Å². The van der Waals surface area contributed by atoms with Crippen LogP contribution in [0.15, 0.2) is 58.3 Å². The van der Waals surface area contributed by atoms with Gasteiger partial charge in [0.05, 0.1) is 18.0 Å². The van der Waals surface area contributed by atoms with E-state index < -0.39 is 43.9 Å². The van der Waals surface area contributed by atoms with E-state index in [1.165, 1.54) is 29.6 Å². The van der Waals surface area contributed by atoms with Gasteiger partial charge in [-0.25, -0.2) is 21.2 Å². The normalized spacial score (nSPS) is 21.8. The predicted molar refractivity (Wildman–Crippen MR) is 131 cm³/mol. The van der Waals surface area contributed by atoms with Crippen LogP contribution in [0.2, 0.25) is 0 Å².